The van der Waals surface area contributed by atoms with Crippen molar-refractivity contribution in [3.8, 4) is 0 Å². The third-order valence-corrected chi connectivity index (χ3v) is 2.15. The van der Waals surface area contributed by atoms with Crippen LogP contribution in [0, 0.1) is 30.3 Å². The van der Waals surface area contributed by atoms with E-state index in [0.717, 1.165) is 12.1 Å². The zero-order valence-corrected chi connectivity index (χ0v) is 9.39. The monoisotopic (exact) mass is 256 g/mol. The Morgan fingerprint density at radius 3 is 1.72 bits per heavy atom. The molecular weight excluding hydrogens is 248 g/mol. The Kier molecular flexibility index (Phi) is 3.40. The number of anilines is 1. The second-order valence-electron chi connectivity index (χ2n) is 3.47. The molecule has 0 atom stereocenters. The van der Waals surface area contributed by atoms with E-state index in [2.05, 4.69) is 0 Å². The number of hydrogen-bond acceptors (Lipinski definition) is 7. The van der Waals surface area contributed by atoms with Crippen molar-refractivity contribution < 1.29 is 14.8 Å². The largest absolute Gasteiger partial charge is 0.424 e. The van der Waals surface area contributed by atoms with Crippen LogP contribution in [0.5, 0.6) is 0 Å². The van der Waals surface area contributed by atoms with Crippen LogP contribution in [0.25, 0.3) is 0 Å². The van der Waals surface area contributed by atoms with Crippen molar-refractivity contribution >= 4 is 22.7 Å². The van der Waals surface area contributed by atoms with Crippen molar-refractivity contribution in [3.05, 3.63) is 42.5 Å². The smallest absolute Gasteiger partial charge is 0.372 e. The van der Waals surface area contributed by atoms with Gasteiger partial charge in [-0.1, -0.05) is 0 Å². The van der Waals surface area contributed by atoms with Crippen molar-refractivity contribution in [2.45, 2.75) is 0 Å². The van der Waals surface area contributed by atoms with Crippen molar-refractivity contribution in [1.29, 1.82) is 0 Å². The van der Waals surface area contributed by atoms with E-state index >= 15 is 0 Å². The molecule has 0 bridgehead atoms. The van der Waals surface area contributed by atoms with Crippen molar-refractivity contribution in [1.82, 2.24) is 0 Å². The molecule has 0 aliphatic rings. The summed E-state index contributed by atoms with van der Waals surface area (Å²) in [5.41, 5.74) is -2.98. The highest BCUT2D eigenvalue weighted by Crippen LogP contribution is 2.42. The summed E-state index contributed by atoms with van der Waals surface area (Å²) < 4.78 is 0. The third-order valence-electron chi connectivity index (χ3n) is 2.15. The maximum absolute atomic E-state index is 10.9. The maximum Gasteiger partial charge on any atom is 0.424 e. The van der Waals surface area contributed by atoms with Gasteiger partial charge < -0.3 is 4.90 Å². The summed E-state index contributed by atoms with van der Waals surface area (Å²) in [5, 5.41) is 32.3. The van der Waals surface area contributed by atoms with E-state index in [-0.39, 0.29) is 5.69 Å². The van der Waals surface area contributed by atoms with Gasteiger partial charge in [-0.25, -0.2) is 0 Å². The lowest BCUT2D eigenvalue weighted by Gasteiger charge is -2.11. The number of benzene rings is 1. The molecule has 0 amide bonds. The van der Waals surface area contributed by atoms with Crippen LogP contribution in [0.2, 0.25) is 0 Å². The molecule has 0 spiro atoms. The number of nitrogens with zero attached hydrogens (tertiary/aromatic N) is 4. The van der Waals surface area contributed by atoms with Gasteiger partial charge in [0.2, 0.25) is 0 Å². The molecule has 0 saturated carbocycles. The van der Waals surface area contributed by atoms with E-state index in [0.29, 0.717) is 0 Å². The summed E-state index contributed by atoms with van der Waals surface area (Å²) >= 11 is 0. The average Bonchev–Trinajstić information content (AvgIpc) is 2.26. The molecule has 0 saturated heterocycles. The van der Waals surface area contributed by atoms with Crippen LogP contribution >= 0.6 is 0 Å². The lowest BCUT2D eigenvalue weighted by Crippen LogP contribution is -2.13. The third kappa shape index (κ3) is 2.16. The van der Waals surface area contributed by atoms with Gasteiger partial charge in [-0.3, -0.25) is 30.3 Å². The molecule has 1 aromatic rings. The van der Waals surface area contributed by atoms with Crippen LogP contribution in [-0.4, -0.2) is 28.9 Å². The first-order chi connectivity index (χ1) is 8.27. The minimum atomic E-state index is -1.12. The summed E-state index contributed by atoms with van der Waals surface area (Å²) in [6.07, 6.45) is 0. The van der Waals surface area contributed by atoms with Crippen LogP contribution in [-0.2, 0) is 0 Å². The molecule has 18 heavy (non-hydrogen) atoms. The lowest BCUT2D eigenvalue weighted by atomic mass is 10.2. The van der Waals surface area contributed by atoms with Gasteiger partial charge in [0.1, 0.15) is 5.69 Å². The van der Waals surface area contributed by atoms with Crippen LogP contribution in [0.15, 0.2) is 12.1 Å². The Morgan fingerprint density at radius 1 is 0.889 bits per heavy atom. The molecule has 0 aliphatic carbocycles. The second kappa shape index (κ2) is 4.61. The number of hydrogen-bond donors (Lipinski definition) is 0. The molecule has 10 nitrogen and oxygen atoms in total. The number of nitro benzene ring substituents is 3. The van der Waals surface area contributed by atoms with E-state index < -0.39 is 31.8 Å². The topological polar surface area (TPSA) is 133 Å². The van der Waals surface area contributed by atoms with Gasteiger partial charge in [0.05, 0.1) is 14.8 Å². The Hall–Kier alpha value is -2.78. The molecule has 0 aromatic heterocycles. The summed E-state index contributed by atoms with van der Waals surface area (Å²) in [5.74, 6) is 0. The normalized spacial score (nSPS) is 9.89. The summed E-state index contributed by atoms with van der Waals surface area (Å²) in [6, 6.07) is 1.98. The fourth-order valence-electron chi connectivity index (χ4n) is 1.43. The van der Waals surface area contributed by atoms with Gasteiger partial charge in [-0.05, 0) is 6.07 Å². The number of nitro groups is 3. The zero-order valence-electron chi connectivity index (χ0n) is 9.39. The highest BCUT2D eigenvalue weighted by Gasteiger charge is 2.39. The number of rotatable bonds is 4. The summed E-state index contributed by atoms with van der Waals surface area (Å²) in [6.45, 7) is 0. The highest BCUT2D eigenvalue weighted by atomic mass is 16.6. The van der Waals surface area contributed by atoms with Gasteiger partial charge in [0.25, 0.3) is 0 Å². The molecular formula is C8H8N4O6. The molecule has 0 aliphatic heterocycles. The molecule has 0 heterocycles. The molecule has 96 valence electrons. The minimum Gasteiger partial charge on any atom is -0.372 e. The van der Waals surface area contributed by atoms with Crippen LogP contribution < -0.4 is 4.90 Å². The summed E-state index contributed by atoms with van der Waals surface area (Å²) in [4.78, 5) is 30.5. The van der Waals surface area contributed by atoms with Gasteiger partial charge in [-0.2, -0.15) is 0 Å². The van der Waals surface area contributed by atoms with E-state index in [1.165, 1.54) is 19.0 Å². The average molecular weight is 256 g/mol. The molecule has 0 radical (unpaired) electrons. The Balaban J connectivity index is 3.77. The minimum absolute atomic E-state index is 0.0719. The van der Waals surface area contributed by atoms with Crippen LogP contribution in [0.3, 0.4) is 0 Å². The second-order valence-corrected chi connectivity index (χ2v) is 3.47. The van der Waals surface area contributed by atoms with E-state index in [1.54, 1.807) is 0 Å². The molecule has 0 unspecified atom stereocenters. The first kappa shape index (κ1) is 13.3. The van der Waals surface area contributed by atoms with Gasteiger partial charge >= 0.3 is 17.1 Å². The van der Waals surface area contributed by atoms with Crippen molar-refractivity contribution in [2.75, 3.05) is 19.0 Å². The fraction of sp³-hybridized carbons (Fsp3) is 0.250. The fourth-order valence-corrected chi connectivity index (χ4v) is 1.43. The quantitative estimate of drug-likeness (QED) is 0.588. The van der Waals surface area contributed by atoms with Crippen molar-refractivity contribution in [3.63, 3.8) is 0 Å². The molecule has 1 rings (SSSR count). The highest BCUT2D eigenvalue weighted by molar-refractivity contribution is 5.79. The Bertz CT molecular complexity index is 541. The molecule has 0 N–H and O–H groups in total. The SMILES string of the molecule is CN(C)c1ccc([N+](=O)[O-])c([N+](=O)[O-])c1[N+](=O)[O-]. The van der Waals surface area contributed by atoms with Gasteiger partial charge in [-0.15, -0.1) is 0 Å². The van der Waals surface area contributed by atoms with Gasteiger partial charge in [0.15, 0.2) is 0 Å². The summed E-state index contributed by atoms with van der Waals surface area (Å²) in [7, 11) is 2.88. The molecule has 10 heteroatoms. The first-order valence-electron chi connectivity index (χ1n) is 4.54. The zero-order chi connectivity index (χ0) is 14.0. The molecule has 1 aromatic carbocycles. The lowest BCUT2D eigenvalue weighted by molar-refractivity contribution is -0.440. The Labute approximate surface area is 99.9 Å². The molecule has 0 fully saturated rings. The Morgan fingerprint density at radius 2 is 1.39 bits per heavy atom. The van der Waals surface area contributed by atoms with E-state index in [1.807, 2.05) is 0 Å². The predicted molar refractivity (Wildman–Crippen MR) is 60.7 cm³/mol. The maximum atomic E-state index is 10.9. The van der Waals surface area contributed by atoms with E-state index in [4.69, 9.17) is 0 Å². The predicted octanol–water partition coefficient (Wildman–Crippen LogP) is 1.48. The van der Waals surface area contributed by atoms with Crippen LogP contribution in [0.1, 0.15) is 0 Å². The van der Waals surface area contributed by atoms with Crippen molar-refractivity contribution in [2.24, 2.45) is 0 Å². The van der Waals surface area contributed by atoms with Gasteiger partial charge in [0, 0.05) is 20.2 Å². The van der Waals surface area contributed by atoms with Crippen LogP contribution in [0.4, 0.5) is 22.7 Å². The van der Waals surface area contributed by atoms with E-state index in [9.17, 15) is 30.3 Å². The first-order valence-corrected chi connectivity index (χ1v) is 4.54. The standard InChI is InChI=1S/C8H8N4O6/c1-9(2)5-3-4-6(10(13)14)8(12(17)18)7(5)11(15)16/h3-4H,1-2H3.